The number of rotatable bonds is 8. The first-order valence-electron chi connectivity index (χ1n) is 12.0. The van der Waals surface area contributed by atoms with Crippen LogP contribution < -0.4 is 10.1 Å². The molecule has 34 heavy (non-hydrogen) atoms. The molecule has 2 unspecified atom stereocenters. The maximum Gasteiger partial charge on any atom is 0.315 e. The second-order valence-electron chi connectivity index (χ2n) is 9.29. The maximum absolute atomic E-state index is 11.8. The molecular weight excluding hydrogens is 426 g/mol. The highest BCUT2D eigenvalue weighted by atomic mass is 16.6. The number of nitrogens with one attached hydrogen (secondary N) is 1. The Morgan fingerprint density at radius 2 is 1.59 bits per heavy atom. The molecule has 6 nitrogen and oxygen atoms in total. The van der Waals surface area contributed by atoms with Gasteiger partial charge in [0, 0.05) is 30.1 Å². The van der Waals surface area contributed by atoms with Gasteiger partial charge in [0.1, 0.15) is 0 Å². The Labute approximate surface area is 200 Å². The highest BCUT2D eigenvalue weighted by Gasteiger charge is 2.46. The zero-order chi connectivity index (χ0) is 23.5. The molecular formula is C28H31N3O3. The number of piperidine rings is 3. The first kappa shape index (κ1) is 22.6. The predicted molar refractivity (Wildman–Crippen MR) is 133 cm³/mol. The number of hydrogen-bond acceptors (Lipinski definition) is 5. The van der Waals surface area contributed by atoms with Gasteiger partial charge in [0.05, 0.1) is 12.0 Å². The highest BCUT2D eigenvalue weighted by molar-refractivity contribution is 5.52. The van der Waals surface area contributed by atoms with Crippen molar-refractivity contribution in [3.05, 3.63) is 106 Å². The Morgan fingerprint density at radius 3 is 2.15 bits per heavy atom. The topological polar surface area (TPSA) is 67.6 Å². The minimum atomic E-state index is -0.333. The summed E-state index contributed by atoms with van der Waals surface area (Å²) in [4.78, 5) is 14.1. The van der Waals surface area contributed by atoms with E-state index in [1.807, 2.05) is 12.1 Å². The lowest BCUT2D eigenvalue weighted by Gasteiger charge is -2.54. The summed E-state index contributed by atoms with van der Waals surface area (Å²) < 4.78 is 5.29. The maximum atomic E-state index is 11.8. The molecule has 3 aliphatic rings. The number of nitrogens with zero attached hydrogens (tertiary/aromatic N) is 2. The number of methoxy groups -OCH3 is 1. The molecule has 3 heterocycles. The fourth-order valence-corrected chi connectivity index (χ4v) is 6.01. The Morgan fingerprint density at radius 1 is 0.971 bits per heavy atom. The van der Waals surface area contributed by atoms with E-state index < -0.39 is 0 Å². The summed E-state index contributed by atoms with van der Waals surface area (Å²) in [7, 11) is 1.48. The van der Waals surface area contributed by atoms with Crippen molar-refractivity contribution in [3.63, 3.8) is 0 Å². The monoisotopic (exact) mass is 457 g/mol. The van der Waals surface area contributed by atoms with E-state index in [-0.39, 0.29) is 28.6 Å². The van der Waals surface area contributed by atoms with Crippen molar-refractivity contribution < 1.29 is 9.66 Å². The van der Waals surface area contributed by atoms with Gasteiger partial charge in [-0.2, -0.15) is 0 Å². The van der Waals surface area contributed by atoms with Gasteiger partial charge < -0.3 is 10.1 Å². The fourth-order valence-electron chi connectivity index (χ4n) is 6.01. The third-order valence-corrected chi connectivity index (χ3v) is 7.54. The standard InChI is InChI=1S/C28H31N3O3/c1-34-24-14-8-13-23(27(24)31(32)33)19-29-26-22-15-17-30(18-16-22)28(26)25(20-9-4-2-5-10-20)21-11-6-3-7-12-21/h2-14,22,25-26,28-29H,15-19H2,1H3. The van der Waals surface area contributed by atoms with Crippen LogP contribution in [0.2, 0.25) is 0 Å². The van der Waals surface area contributed by atoms with Gasteiger partial charge in [0.15, 0.2) is 5.75 Å². The average Bonchev–Trinajstić information content (AvgIpc) is 2.89. The summed E-state index contributed by atoms with van der Waals surface area (Å²) in [5.41, 5.74) is 3.34. The first-order valence-corrected chi connectivity index (χ1v) is 12.0. The number of nitro benzene ring substituents is 1. The molecule has 3 aromatic rings. The second kappa shape index (κ2) is 9.95. The molecule has 2 atom stereocenters. The molecule has 2 bridgehead atoms. The van der Waals surface area contributed by atoms with Crippen LogP contribution in [0.25, 0.3) is 0 Å². The van der Waals surface area contributed by atoms with Crippen LogP contribution in [-0.2, 0) is 6.54 Å². The van der Waals surface area contributed by atoms with E-state index in [0.29, 0.717) is 23.8 Å². The summed E-state index contributed by atoms with van der Waals surface area (Å²) in [5, 5.41) is 15.6. The number of benzene rings is 3. The normalized spacial score (nSPS) is 23.7. The van der Waals surface area contributed by atoms with Crippen LogP contribution in [0, 0.1) is 16.0 Å². The van der Waals surface area contributed by atoms with E-state index in [9.17, 15) is 10.1 Å². The first-order chi connectivity index (χ1) is 16.7. The van der Waals surface area contributed by atoms with Gasteiger partial charge in [-0.05, 0) is 49.0 Å². The van der Waals surface area contributed by atoms with Gasteiger partial charge >= 0.3 is 5.69 Å². The Balaban J connectivity index is 1.50. The number of hydrogen-bond donors (Lipinski definition) is 1. The molecule has 0 amide bonds. The molecule has 0 aromatic heterocycles. The average molecular weight is 458 g/mol. The van der Waals surface area contributed by atoms with E-state index >= 15 is 0 Å². The summed E-state index contributed by atoms with van der Waals surface area (Å²) in [6, 6.07) is 27.3. The lowest BCUT2D eigenvalue weighted by molar-refractivity contribution is -0.386. The summed E-state index contributed by atoms with van der Waals surface area (Å²) >= 11 is 0. The van der Waals surface area contributed by atoms with E-state index in [0.717, 1.165) is 25.9 Å². The summed E-state index contributed by atoms with van der Waals surface area (Å²) in [6.45, 7) is 2.64. The largest absolute Gasteiger partial charge is 0.490 e. The summed E-state index contributed by atoms with van der Waals surface area (Å²) in [5.74, 6) is 1.08. The molecule has 3 aromatic carbocycles. The molecule has 6 heteroatoms. The van der Waals surface area contributed by atoms with Gasteiger partial charge in [0.25, 0.3) is 0 Å². The van der Waals surface area contributed by atoms with Crippen LogP contribution in [-0.4, -0.2) is 42.1 Å². The van der Waals surface area contributed by atoms with Crippen molar-refractivity contribution in [3.8, 4) is 5.75 Å². The van der Waals surface area contributed by atoms with Gasteiger partial charge in [-0.15, -0.1) is 0 Å². The third-order valence-electron chi connectivity index (χ3n) is 7.54. The van der Waals surface area contributed by atoms with Crippen LogP contribution in [0.1, 0.15) is 35.4 Å². The number of fused-ring (bicyclic) bond motifs is 3. The second-order valence-corrected chi connectivity index (χ2v) is 9.29. The predicted octanol–water partition coefficient (Wildman–Crippen LogP) is 4.99. The zero-order valence-electron chi connectivity index (χ0n) is 19.5. The molecule has 176 valence electrons. The molecule has 0 radical (unpaired) electrons. The van der Waals surface area contributed by atoms with Crippen molar-refractivity contribution in [1.29, 1.82) is 0 Å². The molecule has 3 fully saturated rings. The van der Waals surface area contributed by atoms with Gasteiger partial charge in [-0.25, -0.2) is 0 Å². The minimum absolute atomic E-state index is 0.0537. The molecule has 0 saturated carbocycles. The van der Waals surface area contributed by atoms with Crippen molar-refractivity contribution in [2.75, 3.05) is 20.2 Å². The Bertz CT molecular complexity index is 1070. The highest BCUT2D eigenvalue weighted by Crippen LogP contribution is 2.42. The van der Waals surface area contributed by atoms with Crippen LogP contribution in [0.4, 0.5) is 5.69 Å². The number of nitro groups is 1. The van der Waals surface area contributed by atoms with Crippen molar-refractivity contribution in [2.45, 2.75) is 37.4 Å². The Hall–Kier alpha value is -3.22. The van der Waals surface area contributed by atoms with E-state index in [4.69, 9.17) is 4.74 Å². The molecule has 6 rings (SSSR count). The molecule has 1 N–H and O–H groups in total. The molecule has 0 aliphatic carbocycles. The number of ether oxygens (including phenoxy) is 1. The van der Waals surface area contributed by atoms with Crippen molar-refractivity contribution in [1.82, 2.24) is 10.2 Å². The molecule has 3 aliphatic heterocycles. The van der Waals surface area contributed by atoms with Crippen LogP contribution in [0.3, 0.4) is 0 Å². The van der Waals surface area contributed by atoms with Crippen LogP contribution >= 0.6 is 0 Å². The van der Waals surface area contributed by atoms with Crippen LogP contribution in [0.15, 0.2) is 78.9 Å². The lowest BCUT2D eigenvalue weighted by atomic mass is 9.70. The fraction of sp³-hybridized carbons (Fsp3) is 0.357. The molecule has 3 saturated heterocycles. The molecule has 0 spiro atoms. The van der Waals surface area contributed by atoms with Gasteiger partial charge in [-0.1, -0.05) is 72.8 Å². The van der Waals surface area contributed by atoms with E-state index in [2.05, 4.69) is 70.9 Å². The van der Waals surface area contributed by atoms with Crippen LogP contribution in [0.5, 0.6) is 5.75 Å². The van der Waals surface area contributed by atoms with E-state index in [1.165, 1.54) is 18.2 Å². The van der Waals surface area contributed by atoms with Gasteiger partial charge in [0.2, 0.25) is 0 Å². The van der Waals surface area contributed by atoms with Crippen molar-refractivity contribution >= 4 is 5.69 Å². The lowest BCUT2D eigenvalue weighted by Crippen LogP contribution is -2.64. The van der Waals surface area contributed by atoms with Crippen molar-refractivity contribution in [2.24, 2.45) is 5.92 Å². The zero-order valence-corrected chi connectivity index (χ0v) is 19.5. The smallest absolute Gasteiger partial charge is 0.315 e. The Kier molecular flexibility index (Phi) is 6.61. The minimum Gasteiger partial charge on any atom is -0.490 e. The van der Waals surface area contributed by atoms with Gasteiger partial charge in [-0.3, -0.25) is 15.0 Å². The SMILES string of the molecule is COc1cccc(CNC2C3CCN(CC3)C2C(c2ccccc2)c2ccccc2)c1[N+](=O)[O-]. The van der Waals surface area contributed by atoms with E-state index in [1.54, 1.807) is 6.07 Å². The quantitative estimate of drug-likeness (QED) is 0.381. The third kappa shape index (κ3) is 4.31. The number of para-hydroxylation sites is 1. The summed E-state index contributed by atoms with van der Waals surface area (Å²) in [6.07, 6.45) is 2.31.